The van der Waals surface area contributed by atoms with Crippen LogP contribution in [0, 0.1) is 5.82 Å². The van der Waals surface area contributed by atoms with Crippen molar-refractivity contribution in [2.75, 3.05) is 12.8 Å². The standard InChI is InChI=1S/C15H16FN5O3S/c1-15(12(17)22,11-6-18-14(23)24-11)8-3-4-10(9(16)5-8)21-7-19-20-13(21)25-2/h3-5,7,11H,6H2,1-2H3,(H2,17,22)(H,18,23). The van der Waals surface area contributed by atoms with Gasteiger partial charge in [0.2, 0.25) is 5.91 Å². The topological polar surface area (TPSA) is 112 Å². The van der Waals surface area contributed by atoms with Gasteiger partial charge in [-0.3, -0.25) is 9.36 Å². The quantitative estimate of drug-likeness (QED) is 0.764. The van der Waals surface area contributed by atoms with E-state index in [0.717, 1.165) is 0 Å². The van der Waals surface area contributed by atoms with Crippen molar-refractivity contribution in [3.8, 4) is 5.69 Å². The van der Waals surface area contributed by atoms with Gasteiger partial charge in [0, 0.05) is 0 Å². The van der Waals surface area contributed by atoms with Crippen molar-refractivity contribution in [3.63, 3.8) is 0 Å². The molecule has 0 aliphatic carbocycles. The van der Waals surface area contributed by atoms with Crippen LogP contribution in [0.25, 0.3) is 5.69 Å². The van der Waals surface area contributed by atoms with E-state index < -0.39 is 29.3 Å². The van der Waals surface area contributed by atoms with Gasteiger partial charge in [0.25, 0.3) is 0 Å². The molecule has 3 rings (SSSR count). The summed E-state index contributed by atoms with van der Waals surface area (Å²) < 4.78 is 21.3. The van der Waals surface area contributed by atoms with E-state index in [0.29, 0.717) is 10.7 Å². The van der Waals surface area contributed by atoms with Crippen LogP contribution in [0.5, 0.6) is 0 Å². The first-order chi connectivity index (χ1) is 11.9. The Morgan fingerprint density at radius 2 is 2.32 bits per heavy atom. The minimum absolute atomic E-state index is 0.115. The van der Waals surface area contributed by atoms with E-state index in [1.54, 1.807) is 12.3 Å². The zero-order chi connectivity index (χ0) is 18.2. The number of carbonyl (C=O) groups is 2. The summed E-state index contributed by atoms with van der Waals surface area (Å²) in [5, 5.41) is 10.7. The summed E-state index contributed by atoms with van der Waals surface area (Å²) in [6.45, 7) is 1.64. The van der Waals surface area contributed by atoms with Gasteiger partial charge < -0.3 is 15.8 Å². The van der Waals surface area contributed by atoms with Crippen LogP contribution in [-0.4, -0.2) is 45.7 Å². The normalized spacial score (nSPS) is 19.2. The van der Waals surface area contributed by atoms with Crippen molar-refractivity contribution in [2.24, 2.45) is 5.73 Å². The first-order valence-corrected chi connectivity index (χ1v) is 8.59. The second-order valence-corrected chi connectivity index (χ2v) is 6.47. The summed E-state index contributed by atoms with van der Waals surface area (Å²) >= 11 is 1.32. The van der Waals surface area contributed by atoms with E-state index in [1.165, 1.54) is 41.7 Å². The largest absolute Gasteiger partial charge is 0.443 e. The third-order valence-corrected chi connectivity index (χ3v) is 4.99. The molecule has 2 atom stereocenters. The van der Waals surface area contributed by atoms with E-state index in [2.05, 4.69) is 15.5 Å². The van der Waals surface area contributed by atoms with Gasteiger partial charge in [0.05, 0.1) is 12.2 Å². The van der Waals surface area contributed by atoms with E-state index in [9.17, 15) is 14.0 Å². The molecule has 1 aliphatic heterocycles. The van der Waals surface area contributed by atoms with Crippen molar-refractivity contribution in [3.05, 3.63) is 35.9 Å². The van der Waals surface area contributed by atoms with Crippen LogP contribution in [0.4, 0.5) is 9.18 Å². The highest BCUT2D eigenvalue weighted by molar-refractivity contribution is 7.98. The van der Waals surface area contributed by atoms with Crippen LogP contribution >= 0.6 is 11.8 Å². The Morgan fingerprint density at radius 3 is 2.88 bits per heavy atom. The molecule has 25 heavy (non-hydrogen) atoms. The lowest BCUT2D eigenvalue weighted by atomic mass is 9.76. The molecule has 10 heteroatoms. The lowest BCUT2D eigenvalue weighted by Crippen LogP contribution is -2.49. The number of halogens is 1. The van der Waals surface area contributed by atoms with Gasteiger partial charge in [-0.05, 0) is 30.9 Å². The van der Waals surface area contributed by atoms with Crippen molar-refractivity contribution in [2.45, 2.75) is 23.6 Å². The number of hydrogen-bond donors (Lipinski definition) is 2. The number of benzene rings is 1. The third kappa shape index (κ3) is 2.82. The second-order valence-electron chi connectivity index (χ2n) is 5.70. The molecule has 2 heterocycles. The summed E-state index contributed by atoms with van der Waals surface area (Å²) in [5.74, 6) is -1.28. The average molecular weight is 365 g/mol. The predicted molar refractivity (Wildman–Crippen MR) is 87.9 cm³/mol. The van der Waals surface area contributed by atoms with Crippen molar-refractivity contribution in [1.82, 2.24) is 20.1 Å². The minimum atomic E-state index is -1.37. The Morgan fingerprint density at radius 1 is 1.56 bits per heavy atom. The molecule has 0 spiro atoms. The van der Waals surface area contributed by atoms with Gasteiger partial charge in [-0.25, -0.2) is 9.18 Å². The SMILES string of the molecule is CSc1nncn1-c1ccc(C(C)(C(N)=O)C2CNC(=O)O2)cc1F. The minimum Gasteiger partial charge on any atom is -0.443 e. The van der Waals surface area contributed by atoms with E-state index >= 15 is 0 Å². The van der Waals surface area contributed by atoms with Crippen LogP contribution in [0.15, 0.2) is 29.7 Å². The number of cyclic esters (lactones) is 1. The van der Waals surface area contributed by atoms with Crippen LogP contribution in [-0.2, 0) is 14.9 Å². The van der Waals surface area contributed by atoms with E-state index in [-0.39, 0.29) is 12.2 Å². The summed E-state index contributed by atoms with van der Waals surface area (Å²) in [4.78, 5) is 23.4. The number of thioether (sulfide) groups is 1. The smallest absolute Gasteiger partial charge is 0.407 e. The summed E-state index contributed by atoms with van der Waals surface area (Å²) in [7, 11) is 0. The molecule has 1 saturated heterocycles. The van der Waals surface area contributed by atoms with E-state index in [4.69, 9.17) is 10.5 Å². The molecule has 2 unspecified atom stereocenters. The maximum atomic E-state index is 14.7. The van der Waals surface area contributed by atoms with Crippen molar-refractivity contribution >= 4 is 23.8 Å². The number of rotatable bonds is 5. The van der Waals surface area contributed by atoms with Gasteiger partial charge in [0.15, 0.2) is 5.16 Å². The highest BCUT2D eigenvalue weighted by Crippen LogP contribution is 2.33. The Balaban J connectivity index is 2.03. The fraction of sp³-hybridized carbons (Fsp3) is 0.333. The van der Waals surface area contributed by atoms with Crippen LogP contribution in [0.3, 0.4) is 0 Å². The number of aromatic nitrogens is 3. The molecular weight excluding hydrogens is 349 g/mol. The molecule has 1 aromatic heterocycles. The monoisotopic (exact) mass is 365 g/mol. The first-order valence-electron chi connectivity index (χ1n) is 7.36. The predicted octanol–water partition coefficient (Wildman–Crippen LogP) is 0.980. The first kappa shape index (κ1) is 17.2. The van der Waals surface area contributed by atoms with Crippen molar-refractivity contribution < 1.29 is 18.7 Å². The number of nitrogens with one attached hydrogen (secondary N) is 1. The number of nitrogens with zero attached hydrogens (tertiary/aromatic N) is 3. The Hall–Kier alpha value is -2.62. The molecule has 2 amide bonds. The Kier molecular flexibility index (Phi) is 4.38. The molecule has 0 bridgehead atoms. The zero-order valence-electron chi connectivity index (χ0n) is 13.5. The lowest BCUT2D eigenvalue weighted by Gasteiger charge is -2.31. The Labute approximate surface area is 146 Å². The molecule has 0 saturated carbocycles. The number of primary amides is 1. The number of alkyl carbamates (subject to hydrolysis) is 1. The molecular formula is C15H16FN5O3S. The van der Waals surface area contributed by atoms with Gasteiger partial charge >= 0.3 is 6.09 Å². The molecule has 3 N–H and O–H groups in total. The fourth-order valence-electron chi connectivity index (χ4n) is 2.75. The van der Waals surface area contributed by atoms with Crippen LogP contribution in [0.1, 0.15) is 12.5 Å². The van der Waals surface area contributed by atoms with Gasteiger partial charge in [-0.2, -0.15) is 0 Å². The van der Waals surface area contributed by atoms with Gasteiger partial charge in [-0.1, -0.05) is 17.8 Å². The number of nitrogens with two attached hydrogens (primary N) is 1. The van der Waals surface area contributed by atoms with E-state index in [1.807, 2.05) is 0 Å². The average Bonchev–Trinajstić information content (AvgIpc) is 3.22. The molecule has 0 radical (unpaired) electrons. The van der Waals surface area contributed by atoms with Crippen LogP contribution in [0.2, 0.25) is 0 Å². The summed E-state index contributed by atoms with van der Waals surface area (Å²) in [5.41, 5.74) is 4.74. The fourth-order valence-corrected chi connectivity index (χ4v) is 3.22. The lowest BCUT2D eigenvalue weighted by molar-refractivity contribution is -0.126. The molecule has 1 fully saturated rings. The van der Waals surface area contributed by atoms with Gasteiger partial charge in [0.1, 0.15) is 23.7 Å². The maximum Gasteiger partial charge on any atom is 0.407 e. The summed E-state index contributed by atoms with van der Waals surface area (Å²) in [6, 6.07) is 4.31. The summed E-state index contributed by atoms with van der Waals surface area (Å²) in [6.07, 6.45) is 1.75. The molecule has 2 aromatic rings. The highest BCUT2D eigenvalue weighted by Gasteiger charge is 2.47. The molecule has 1 aliphatic rings. The highest BCUT2D eigenvalue weighted by atomic mass is 32.2. The Bertz CT molecular complexity index is 842. The van der Waals surface area contributed by atoms with Crippen LogP contribution < -0.4 is 11.1 Å². The van der Waals surface area contributed by atoms with Crippen molar-refractivity contribution in [1.29, 1.82) is 0 Å². The number of hydrogen-bond acceptors (Lipinski definition) is 6. The second kappa shape index (κ2) is 6.36. The number of carbonyl (C=O) groups excluding carboxylic acids is 2. The molecule has 1 aromatic carbocycles. The molecule has 132 valence electrons. The van der Waals surface area contributed by atoms with Gasteiger partial charge in [-0.15, -0.1) is 10.2 Å². The molecule has 8 nitrogen and oxygen atoms in total. The number of amides is 2. The maximum absolute atomic E-state index is 14.7. The number of ether oxygens (including phenoxy) is 1. The third-order valence-electron chi connectivity index (χ3n) is 4.34. The zero-order valence-corrected chi connectivity index (χ0v) is 14.3.